The first kappa shape index (κ1) is 16.2. The molecule has 0 radical (unpaired) electrons. The van der Waals surface area contributed by atoms with Gasteiger partial charge in [0.15, 0.2) is 0 Å². The Hall–Kier alpha value is -1.62. The number of anilines is 1. The van der Waals surface area contributed by atoms with E-state index in [1.165, 1.54) is 12.1 Å². The Morgan fingerprint density at radius 3 is 2.48 bits per heavy atom. The van der Waals surface area contributed by atoms with Crippen LogP contribution in [-0.2, 0) is 0 Å². The molecule has 2 aromatic carbocycles. The summed E-state index contributed by atoms with van der Waals surface area (Å²) in [7, 11) is 0. The van der Waals surface area contributed by atoms with Crippen molar-refractivity contribution in [2.45, 2.75) is 6.10 Å². The summed E-state index contributed by atoms with van der Waals surface area (Å²) < 4.78 is 13.2. The van der Waals surface area contributed by atoms with Gasteiger partial charge in [-0.15, -0.1) is 0 Å². The van der Waals surface area contributed by atoms with E-state index in [0.29, 0.717) is 12.1 Å². The molecule has 1 atom stereocenters. The maximum atomic E-state index is 13.2. The zero-order chi connectivity index (χ0) is 16.2. The van der Waals surface area contributed by atoms with Crippen molar-refractivity contribution in [2.24, 2.45) is 0 Å². The molecule has 0 saturated carbocycles. The fourth-order valence-electron chi connectivity index (χ4n) is 2.94. The Morgan fingerprint density at radius 2 is 1.78 bits per heavy atom. The smallest absolute Gasteiger partial charge is 0.123 e. The van der Waals surface area contributed by atoms with E-state index in [1.54, 1.807) is 12.1 Å². The van der Waals surface area contributed by atoms with E-state index in [0.717, 1.165) is 36.9 Å². The quantitative estimate of drug-likeness (QED) is 0.929. The normalized spacial score (nSPS) is 17.3. The van der Waals surface area contributed by atoms with E-state index >= 15 is 0 Å². The predicted molar refractivity (Wildman–Crippen MR) is 91.5 cm³/mol. The van der Waals surface area contributed by atoms with Gasteiger partial charge in [-0.05, 0) is 29.8 Å². The van der Waals surface area contributed by atoms with Crippen LogP contribution in [-0.4, -0.2) is 42.7 Å². The molecule has 23 heavy (non-hydrogen) atoms. The van der Waals surface area contributed by atoms with Gasteiger partial charge in [0.2, 0.25) is 0 Å². The van der Waals surface area contributed by atoms with Crippen molar-refractivity contribution in [3.05, 3.63) is 64.9 Å². The van der Waals surface area contributed by atoms with Gasteiger partial charge in [0.25, 0.3) is 0 Å². The van der Waals surface area contributed by atoms with Crippen LogP contribution in [0.25, 0.3) is 0 Å². The lowest BCUT2D eigenvalue weighted by Gasteiger charge is -2.37. The second kappa shape index (κ2) is 7.30. The van der Waals surface area contributed by atoms with Gasteiger partial charge in [-0.2, -0.15) is 0 Å². The monoisotopic (exact) mass is 334 g/mol. The Morgan fingerprint density at radius 1 is 1.04 bits per heavy atom. The summed E-state index contributed by atoms with van der Waals surface area (Å²) in [6.45, 7) is 3.92. The molecule has 0 aromatic heterocycles. The Balaban J connectivity index is 1.56. The molecule has 0 spiro atoms. The lowest BCUT2D eigenvalue weighted by atomic mass is 10.1. The van der Waals surface area contributed by atoms with Crippen LogP contribution in [0.5, 0.6) is 0 Å². The number of rotatable bonds is 4. The minimum Gasteiger partial charge on any atom is -0.387 e. The minimum absolute atomic E-state index is 0.315. The molecular formula is C18H20ClFN2O. The SMILES string of the molecule is O[C@@H](CN1CCN(c2ccccc2Cl)CC1)c1cccc(F)c1. The van der Waals surface area contributed by atoms with E-state index in [1.807, 2.05) is 24.3 Å². The highest BCUT2D eigenvalue weighted by molar-refractivity contribution is 6.33. The number of nitrogens with zero attached hydrogens (tertiary/aromatic N) is 2. The van der Waals surface area contributed by atoms with Crippen LogP contribution in [0.4, 0.5) is 10.1 Å². The van der Waals surface area contributed by atoms with Gasteiger partial charge in [0, 0.05) is 32.7 Å². The maximum Gasteiger partial charge on any atom is 0.123 e. The Labute approximate surface area is 140 Å². The van der Waals surface area contributed by atoms with Crippen molar-refractivity contribution >= 4 is 17.3 Å². The van der Waals surface area contributed by atoms with Gasteiger partial charge >= 0.3 is 0 Å². The molecule has 3 nitrogen and oxygen atoms in total. The summed E-state index contributed by atoms with van der Waals surface area (Å²) in [5.74, 6) is -0.315. The molecule has 0 bridgehead atoms. The van der Waals surface area contributed by atoms with Gasteiger partial charge in [0.05, 0.1) is 16.8 Å². The third-order valence-corrected chi connectivity index (χ3v) is 4.55. The van der Waals surface area contributed by atoms with E-state index in [9.17, 15) is 9.50 Å². The molecule has 1 fully saturated rings. The number of β-amino-alcohol motifs (C(OH)–C–C–N with tert-alkyl or cyclic N) is 1. The highest BCUT2D eigenvalue weighted by Gasteiger charge is 2.21. The number of piperazine rings is 1. The summed E-state index contributed by atoms with van der Waals surface area (Å²) in [4.78, 5) is 4.45. The standard InChI is InChI=1S/C18H20ClFN2O/c19-16-6-1-2-7-17(16)22-10-8-21(9-11-22)13-18(23)14-4-3-5-15(20)12-14/h1-7,12,18,23H,8-11,13H2/t18-/m0/s1. The molecule has 122 valence electrons. The molecule has 1 saturated heterocycles. The molecule has 2 aromatic rings. The topological polar surface area (TPSA) is 26.7 Å². The van der Waals surface area contributed by atoms with Crippen molar-refractivity contribution in [3.8, 4) is 0 Å². The van der Waals surface area contributed by atoms with E-state index in [4.69, 9.17) is 11.6 Å². The average Bonchev–Trinajstić information content (AvgIpc) is 2.56. The number of hydrogen-bond donors (Lipinski definition) is 1. The third-order valence-electron chi connectivity index (χ3n) is 4.23. The lowest BCUT2D eigenvalue weighted by Crippen LogP contribution is -2.47. The summed E-state index contributed by atoms with van der Waals surface area (Å²) in [5, 5.41) is 11.0. The number of halogens is 2. The van der Waals surface area contributed by atoms with Crippen molar-refractivity contribution in [1.29, 1.82) is 0 Å². The van der Waals surface area contributed by atoms with Gasteiger partial charge in [0.1, 0.15) is 5.82 Å². The number of aliphatic hydroxyl groups excluding tert-OH is 1. The van der Waals surface area contributed by atoms with Crippen molar-refractivity contribution in [3.63, 3.8) is 0 Å². The summed E-state index contributed by atoms with van der Waals surface area (Å²) >= 11 is 6.24. The molecule has 1 aliphatic rings. The minimum atomic E-state index is -0.669. The van der Waals surface area contributed by atoms with E-state index in [2.05, 4.69) is 9.80 Å². The van der Waals surface area contributed by atoms with Crippen LogP contribution in [0.3, 0.4) is 0 Å². The molecule has 5 heteroatoms. The molecule has 0 amide bonds. The number of aliphatic hydroxyl groups is 1. The molecule has 0 aliphatic carbocycles. The van der Waals surface area contributed by atoms with Crippen molar-refractivity contribution in [1.82, 2.24) is 4.90 Å². The molecule has 0 unspecified atom stereocenters. The van der Waals surface area contributed by atoms with Gasteiger partial charge in [-0.1, -0.05) is 35.9 Å². The molecule has 1 N–H and O–H groups in total. The fraction of sp³-hybridized carbons (Fsp3) is 0.333. The molecule has 1 aliphatic heterocycles. The largest absolute Gasteiger partial charge is 0.387 e. The van der Waals surface area contributed by atoms with Crippen LogP contribution in [0.1, 0.15) is 11.7 Å². The molecule has 3 rings (SSSR count). The molecule has 1 heterocycles. The maximum absolute atomic E-state index is 13.2. The summed E-state index contributed by atoms with van der Waals surface area (Å²) in [6.07, 6.45) is -0.669. The van der Waals surface area contributed by atoms with Crippen LogP contribution >= 0.6 is 11.6 Å². The molecular weight excluding hydrogens is 315 g/mol. The number of benzene rings is 2. The van der Waals surface area contributed by atoms with Gasteiger partial charge in [-0.25, -0.2) is 4.39 Å². The lowest BCUT2D eigenvalue weighted by molar-refractivity contribution is 0.109. The van der Waals surface area contributed by atoms with Crippen LogP contribution in [0, 0.1) is 5.82 Å². The predicted octanol–water partition coefficient (Wildman–Crippen LogP) is 3.33. The van der Waals surface area contributed by atoms with Crippen LogP contribution in [0.15, 0.2) is 48.5 Å². The summed E-state index contributed by atoms with van der Waals surface area (Å²) in [6, 6.07) is 14.0. The highest BCUT2D eigenvalue weighted by Crippen LogP contribution is 2.26. The first-order valence-electron chi connectivity index (χ1n) is 7.79. The third kappa shape index (κ3) is 4.02. The van der Waals surface area contributed by atoms with Crippen LogP contribution < -0.4 is 4.90 Å². The zero-order valence-corrected chi connectivity index (χ0v) is 13.6. The first-order chi connectivity index (χ1) is 11.1. The second-order valence-electron chi connectivity index (χ2n) is 5.81. The summed E-state index contributed by atoms with van der Waals surface area (Å²) in [5.41, 5.74) is 1.68. The average molecular weight is 335 g/mol. The van der Waals surface area contributed by atoms with Crippen molar-refractivity contribution in [2.75, 3.05) is 37.6 Å². The Kier molecular flexibility index (Phi) is 5.16. The Bertz CT molecular complexity index is 659. The van der Waals surface area contributed by atoms with E-state index in [-0.39, 0.29) is 5.82 Å². The van der Waals surface area contributed by atoms with Gasteiger partial charge in [-0.3, -0.25) is 4.90 Å². The highest BCUT2D eigenvalue weighted by atomic mass is 35.5. The van der Waals surface area contributed by atoms with Gasteiger partial charge < -0.3 is 10.0 Å². The first-order valence-corrected chi connectivity index (χ1v) is 8.16. The van der Waals surface area contributed by atoms with Crippen molar-refractivity contribution < 1.29 is 9.50 Å². The second-order valence-corrected chi connectivity index (χ2v) is 6.22. The zero-order valence-electron chi connectivity index (χ0n) is 12.8. The number of para-hydroxylation sites is 1. The van der Waals surface area contributed by atoms with Crippen LogP contribution in [0.2, 0.25) is 5.02 Å². The fourth-order valence-corrected chi connectivity index (χ4v) is 3.20. The number of hydrogen-bond acceptors (Lipinski definition) is 3. The van der Waals surface area contributed by atoms with E-state index < -0.39 is 6.10 Å².